The molecule has 0 aliphatic rings. The lowest BCUT2D eigenvalue weighted by molar-refractivity contribution is 0.623. The summed E-state index contributed by atoms with van der Waals surface area (Å²) in [5, 5.41) is 0. The van der Waals surface area contributed by atoms with Crippen LogP contribution in [0.4, 0.5) is 0 Å². The Kier molecular flexibility index (Phi) is 13.6. The molecule has 0 atom stereocenters. The van der Waals surface area contributed by atoms with Gasteiger partial charge in [-0.1, -0.05) is 108 Å². The molecule has 0 amide bonds. The Bertz CT molecular complexity index is 330. The maximum Gasteiger partial charge on any atom is -0.0125 e. The molecular weight excluding hydrogens is 296 g/mol. The van der Waals surface area contributed by atoms with E-state index in [1.165, 1.54) is 88.6 Å². The van der Waals surface area contributed by atoms with Gasteiger partial charge in [0.05, 0.1) is 0 Å². The highest BCUT2D eigenvalue weighted by molar-refractivity contribution is 8.17. The van der Waals surface area contributed by atoms with Gasteiger partial charge in [-0.15, -0.1) is 0 Å². The van der Waals surface area contributed by atoms with E-state index in [-0.39, 0.29) is 10.9 Å². The molecule has 1 aromatic carbocycles. The monoisotopic (exact) mass is 336 g/mol. The van der Waals surface area contributed by atoms with Crippen LogP contribution in [-0.4, -0.2) is 11.5 Å². The molecule has 0 aliphatic carbocycles. The largest absolute Gasteiger partial charge is 0.227 e. The highest BCUT2D eigenvalue weighted by Gasteiger charge is 2.06. The SMILES string of the molecule is CCCCCCCC[SH](CCCCCCCC)c1ccccc1. The van der Waals surface area contributed by atoms with E-state index in [1.54, 1.807) is 4.90 Å². The Morgan fingerprint density at radius 2 is 1.00 bits per heavy atom. The Morgan fingerprint density at radius 3 is 1.48 bits per heavy atom. The number of unbranched alkanes of at least 4 members (excludes halogenated alkanes) is 10. The van der Waals surface area contributed by atoms with Crippen LogP contribution in [0.25, 0.3) is 0 Å². The zero-order chi connectivity index (χ0) is 16.6. The van der Waals surface area contributed by atoms with Crippen LogP contribution < -0.4 is 0 Å². The fourth-order valence-electron chi connectivity index (χ4n) is 3.17. The van der Waals surface area contributed by atoms with Gasteiger partial charge in [0.1, 0.15) is 0 Å². The first kappa shape index (κ1) is 20.6. The smallest absolute Gasteiger partial charge is 0.0125 e. The third-order valence-electron chi connectivity index (χ3n) is 4.68. The van der Waals surface area contributed by atoms with Gasteiger partial charge in [-0.25, -0.2) is 10.9 Å². The van der Waals surface area contributed by atoms with Crippen LogP contribution in [0, 0.1) is 0 Å². The molecule has 23 heavy (non-hydrogen) atoms. The van der Waals surface area contributed by atoms with Crippen molar-refractivity contribution in [2.45, 2.75) is 95.8 Å². The third-order valence-corrected chi connectivity index (χ3v) is 7.43. The summed E-state index contributed by atoms with van der Waals surface area (Å²) in [5.41, 5.74) is 0. The number of hydrogen-bond acceptors (Lipinski definition) is 0. The normalized spacial score (nSPS) is 11.7. The molecule has 0 aliphatic heterocycles. The number of thiol groups is 1. The van der Waals surface area contributed by atoms with E-state index in [0.29, 0.717) is 0 Å². The van der Waals surface area contributed by atoms with Crippen molar-refractivity contribution in [1.29, 1.82) is 0 Å². The van der Waals surface area contributed by atoms with Crippen molar-refractivity contribution in [3.8, 4) is 0 Å². The first-order valence-corrected chi connectivity index (χ1v) is 11.9. The van der Waals surface area contributed by atoms with Crippen molar-refractivity contribution in [2.24, 2.45) is 0 Å². The zero-order valence-electron chi connectivity index (χ0n) is 15.7. The predicted octanol–water partition coefficient (Wildman–Crippen LogP) is 7.77. The van der Waals surface area contributed by atoms with Gasteiger partial charge in [0.25, 0.3) is 0 Å². The fraction of sp³-hybridized carbons (Fsp3) is 0.727. The molecule has 0 radical (unpaired) electrons. The molecule has 0 saturated carbocycles. The van der Waals surface area contributed by atoms with Gasteiger partial charge in [-0.2, -0.15) is 0 Å². The van der Waals surface area contributed by atoms with E-state index in [4.69, 9.17) is 0 Å². The Labute approximate surface area is 148 Å². The van der Waals surface area contributed by atoms with Gasteiger partial charge in [-0.05, 0) is 29.2 Å². The second-order valence-corrected chi connectivity index (χ2v) is 9.35. The summed E-state index contributed by atoms with van der Waals surface area (Å²) in [6.07, 6.45) is 17.1. The van der Waals surface area contributed by atoms with Crippen LogP contribution in [0.15, 0.2) is 35.2 Å². The van der Waals surface area contributed by atoms with Crippen LogP contribution in [0.3, 0.4) is 0 Å². The van der Waals surface area contributed by atoms with Gasteiger partial charge in [0.15, 0.2) is 0 Å². The quantitative estimate of drug-likeness (QED) is 0.245. The molecule has 0 fully saturated rings. The first-order chi connectivity index (χ1) is 11.4. The average molecular weight is 337 g/mol. The summed E-state index contributed by atoms with van der Waals surface area (Å²) in [6.45, 7) is 4.60. The van der Waals surface area contributed by atoms with Crippen molar-refractivity contribution in [1.82, 2.24) is 0 Å². The van der Waals surface area contributed by atoms with Gasteiger partial charge < -0.3 is 0 Å². The van der Waals surface area contributed by atoms with E-state index >= 15 is 0 Å². The van der Waals surface area contributed by atoms with Crippen molar-refractivity contribution >= 4 is 10.9 Å². The Morgan fingerprint density at radius 1 is 0.565 bits per heavy atom. The van der Waals surface area contributed by atoms with Crippen molar-refractivity contribution < 1.29 is 0 Å². The Balaban J connectivity index is 2.26. The average Bonchev–Trinajstić information content (AvgIpc) is 2.60. The van der Waals surface area contributed by atoms with Crippen molar-refractivity contribution in [3.05, 3.63) is 30.3 Å². The molecule has 1 heteroatoms. The summed E-state index contributed by atoms with van der Waals surface area (Å²) < 4.78 is 0. The zero-order valence-corrected chi connectivity index (χ0v) is 16.6. The van der Waals surface area contributed by atoms with Crippen LogP contribution in [0.2, 0.25) is 0 Å². The molecule has 134 valence electrons. The van der Waals surface area contributed by atoms with Crippen LogP contribution in [0.1, 0.15) is 90.9 Å². The van der Waals surface area contributed by atoms with Gasteiger partial charge in [0.2, 0.25) is 0 Å². The summed E-state index contributed by atoms with van der Waals surface area (Å²) >= 11 is 0. The first-order valence-electron chi connectivity index (χ1n) is 10.2. The minimum atomic E-state index is 0.0952. The van der Waals surface area contributed by atoms with E-state index in [1.807, 2.05) is 0 Å². The highest BCUT2D eigenvalue weighted by atomic mass is 32.2. The maximum absolute atomic E-state index is 2.37. The standard InChI is InChI=1S/C22H40S/c1-3-5-7-9-11-16-20-23(22-18-14-13-15-19-22)21-17-12-10-8-6-4-2/h13-15,18-19,23H,3-12,16-17,20-21H2,1-2H3. The molecule has 0 N–H and O–H groups in total. The van der Waals surface area contributed by atoms with E-state index < -0.39 is 0 Å². The van der Waals surface area contributed by atoms with E-state index in [0.717, 1.165) is 0 Å². The molecule has 0 nitrogen and oxygen atoms in total. The molecule has 1 aromatic rings. The molecule has 0 unspecified atom stereocenters. The predicted molar refractivity (Wildman–Crippen MR) is 110 cm³/mol. The van der Waals surface area contributed by atoms with Gasteiger partial charge in [0, 0.05) is 0 Å². The minimum Gasteiger partial charge on any atom is -0.227 e. The molecule has 0 spiro atoms. The lowest BCUT2D eigenvalue weighted by atomic mass is 10.1. The second kappa shape index (κ2) is 15.1. The number of benzene rings is 1. The van der Waals surface area contributed by atoms with Crippen molar-refractivity contribution in [3.63, 3.8) is 0 Å². The molecular formula is C22H40S. The lowest BCUT2D eigenvalue weighted by Crippen LogP contribution is -1.97. The van der Waals surface area contributed by atoms with E-state index in [2.05, 4.69) is 44.2 Å². The van der Waals surface area contributed by atoms with Crippen LogP contribution in [-0.2, 0) is 0 Å². The summed E-state index contributed by atoms with van der Waals surface area (Å²) in [7, 11) is 0.0952. The van der Waals surface area contributed by atoms with Crippen molar-refractivity contribution in [2.75, 3.05) is 11.5 Å². The molecule has 0 saturated heterocycles. The fourth-order valence-corrected chi connectivity index (χ4v) is 5.72. The van der Waals surface area contributed by atoms with Gasteiger partial charge >= 0.3 is 0 Å². The lowest BCUT2D eigenvalue weighted by Gasteiger charge is -2.22. The summed E-state index contributed by atoms with van der Waals surface area (Å²) in [5.74, 6) is 2.92. The summed E-state index contributed by atoms with van der Waals surface area (Å²) in [6, 6.07) is 11.4. The highest BCUT2D eigenvalue weighted by Crippen LogP contribution is 2.38. The summed E-state index contributed by atoms with van der Waals surface area (Å²) in [4.78, 5) is 1.64. The number of hydrogen-bond donors (Lipinski definition) is 1. The van der Waals surface area contributed by atoms with Crippen LogP contribution >= 0.6 is 10.9 Å². The minimum absolute atomic E-state index is 0.0952. The molecule has 0 aromatic heterocycles. The third kappa shape index (κ3) is 10.9. The molecule has 0 bridgehead atoms. The second-order valence-electron chi connectivity index (χ2n) is 6.86. The number of rotatable bonds is 15. The Hall–Kier alpha value is -0.430. The topological polar surface area (TPSA) is 0 Å². The molecule has 0 heterocycles. The van der Waals surface area contributed by atoms with Crippen LogP contribution in [0.5, 0.6) is 0 Å². The van der Waals surface area contributed by atoms with Gasteiger partial charge in [-0.3, -0.25) is 0 Å². The molecule has 1 rings (SSSR count). The maximum atomic E-state index is 2.37. The van der Waals surface area contributed by atoms with E-state index in [9.17, 15) is 0 Å².